The van der Waals surface area contributed by atoms with E-state index in [9.17, 15) is 9.59 Å². The third kappa shape index (κ3) is 4.58. The Bertz CT molecular complexity index is 746. The van der Waals surface area contributed by atoms with Crippen LogP contribution in [-0.4, -0.2) is 11.8 Å². The van der Waals surface area contributed by atoms with Gasteiger partial charge in [0.2, 0.25) is 0 Å². The lowest BCUT2D eigenvalue weighted by Gasteiger charge is -2.03. The van der Waals surface area contributed by atoms with Gasteiger partial charge >= 0.3 is 0 Å². The van der Waals surface area contributed by atoms with Crippen molar-refractivity contribution in [2.75, 3.05) is 0 Å². The summed E-state index contributed by atoms with van der Waals surface area (Å²) in [6, 6.07) is 8.50. The van der Waals surface area contributed by atoms with Gasteiger partial charge in [0.15, 0.2) is 0 Å². The molecule has 1 aromatic carbocycles. The third-order valence-corrected chi connectivity index (χ3v) is 4.95. The van der Waals surface area contributed by atoms with E-state index in [-0.39, 0.29) is 0 Å². The number of thiophene rings is 1. The predicted octanol–water partition coefficient (Wildman–Crippen LogP) is 4.29. The van der Waals surface area contributed by atoms with Crippen molar-refractivity contribution in [2.45, 2.75) is 0 Å². The van der Waals surface area contributed by atoms with Gasteiger partial charge in [0.1, 0.15) is 0 Å². The Balaban J connectivity index is 1.91. The lowest BCUT2D eigenvalue weighted by molar-refractivity contribution is -0.117. The number of nitrogens with one attached hydrogen (secondary N) is 2. The van der Waals surface area contributed by atoms with E-state index < -0.39 is 11.8 Å². The fraction of sp³-hybridized carbons (Fsp3) is 0. The molecule has 0 aliphatic heterocycles. The average molecular weight is 420 g/mol. The molecule has 22 heavy (non-hydrogen) atoms. The molecule has 2 rings (SSSR count). The lowest BCUT2D eigenvalue weighted by atomic mass is 10.2. The Morgan fingerprint density at radius 1 is 1.14 bits per heavy atom. The number of benzene rings is 1. The molecule has 0 saturated heterocycles. The Labute approximate surface area is 149 Å². The summed E-state index contributed by atoms with van der Waals surface area (Å²) in [5.41, 5.74) is 5.21. The van der Waals surface area contributed by atoms with Crippen molar-refractivity contribution >= 4 is 68.4 Å². The molecular weight excluding hydrogens is 411 g/mol. The molecule has 0 unspecified atom stereocenters. The summed E-state index contributed by atoms with van der Waals surface area (Å²) in [4.78, 5) is 23.9. The molecule has 4 nitrogen and oxygen atoms in total. The van der Waals surface area contributed by atoms with Gasteiger partial charge in [-0.3, -0.25) is 20.4 Å². The molecule has 0 bridgehead atoms. The normalized spacial score (nSPS) is 10.7. The summed E-state index contributed by atoms with van der Waals surface area (Å²) in [6.45, 7) is 0. The van der Waals surface area contributed by atoms with Gasteiger partial charge in [-0.1, -0.05) is 35.3 Å². The maximum atomic E-state index is 11.7. The molecule has 2 aromatic rings. The van der Waals surface area contributed by atoms with E-state index >= 15 is 0 Å². The maximum Gasteiger partial charge on any atom is 0.279 e. The number of hydrogen-bond acceptors (Lipinski definition) is 3. The summed E-state index contributed by atoms with van der Waals surface area (Å²) in [5, 5.41) is 0.765. The minimum Gasteiger partial charge on any atom is -0.268 e. The molecule has 8 heteroatoms. The second-order valence-electron chi connectivity index (χ2n) is 4.02. The monoisotopic (exact) mass is 418 g/mol. The summed E-state index contributed by atoms with van der Waals surface area (Å²) in [7, 11) is 0. The number of carbonyl (C=O) groups is 2. The molecule has 0 saturated carbocycles. The first-order valence-corrected chi connectivity index (χ1v) is 8.31. The van der Waals surface area contributed by atoms with Crippen LogP contribution in [0.15, 0.2) is 40.2 Å². The Morgan fingerprint density at radius 2 is 1.91 bits per heavy atom. The number of rotatable bonds is 3. The Morgan fingerprint density at radius 3 is 2.59 bits per heavy atom. The quantitative estimate of drug-likeness (QED) is 0.575. The summed E-state index contributed by atoms with van der Waals surface area (Å²) in [5.74, 6) is -0.877. The summed E-state index contributed by atoms with van der Waals surface area (Å²) >= 11 is 16.4. The Kier molecular flexibility index (Phi) is 6.02. The van der Waals surface area contributed by atoms with Gasteiger partial charge in [-0.15, -0.1) is 11.3 Å². The van der Waals surface area contributed by atoms with Gasteiger partial charge in [0, 0.05) is 6.08 Å². The molecule has 1 heterocycles. The van der Waals surface area contributed by atoms with E-state index in [1.165, 1.54) is 23.5 Å². The van der Waals surface area contributed by atoms with Crippen LogP contribution in [0.3, 0.4) is 0 Å². The largest absolute Gasteiger partial charge is 0.279 e. The minimum atomic E-state index is -0.486. The molecule has 0 radical (unpaired) electrons. The van der Waals surface area contributed by atoms with Gasteiger partial charge < -0.3 is 0 Å². The highest BCUT2D eigenvalue weighted by atomic mass is 79.9. The molecule has 0 atom stereocenters. The SMILES string of the molecule is O=C(/C=C/c1cccc(Cl)c1Cl)NNC(=O)c1ccc(Br)s1. The van der Waals surface area contributed by atoms with E-state index in [1.54, 1.807) is 30.3 Å². The van der Waals surface area contributed by atoms with Crippen molar-refractivity contribution in [1.82, 2.24) is 10.9 Å². The number of amides is 2. The second kappa shape index (κ2) is 7.78. The van der Waals surface area contributed by atoms with Crippen LogP contribution in [0.4, 0.5) is 0 Å². The van der Waals surface area contributed by atoms with Crippen LogP contribution in [0.1, 0.15) is 15.2 Å². The van der Waals surface area contributed by atoms with Crippen LogP contribution in [-0.2, 0) is 4.79 Å². The van der Waals surface area contributed by atoms with E-state index in [1.807, 2.05) is 0 Å². The maximum absolute atomic E-state index is 11.7. The van der Waals surface area contributed by atoms with Crippen molar-refractivity contribution < 1.29 is 9.59 Å². The van der Waals surface area contributed by atoms with Crippen LogP contribution < -0.4 is 10.9 Å². The molecule has 0 spiro atoms. The molecule has 1 aromatic heterocycles. The van der Waals surface area contributed by atoms with Crippen LogP contribution >= 0.6 is 50.5 Å². The van der Waals surface area contributed by atoms with Gasteiger partial charge in [-0.2, -0.15) is 0 Å². The van der Waals surface area contributed by atoms with Crippen LogP contribution in [0.5, 0.6) is 0 Å². The number of halogens is 3. The molecule has 114 valence electrons. The smallest absolute Gasteiger partial charge is 0.268 e. The zero-order chi connectivity index (χ0) is 16.1. The van der Waals surface area contributed by atoms with Crippen molar-refractivity contribution in [3.8, 4) is 0 Å². The van der Waals surface area contributed by atoms with Crippen molar-refractivity contribution in [1.29, 1.82) is 0 Å². The molecule has 0 aliphatic rings. The topological polar surface area (TPSA) is 58.2 Å². The van der Waals surface area contributed by atoms with Gasteiger partial charge in [0.05, 0.1) is 18.7 Å². The fourth-order valence-corrected chi connectivity index (χ4v) is 3.12. The van der Waals surface area contributed by atoms with Gasteiger partial charge in [-0.25, -0.2) is 0 Å². The van der Waals surface area contributed by atoms with Crippen molar-refractivity contribution in [2.24, 2.45) is 0 Å². The highest BCUT2D eigenvalue weighted by Gasteiger charge is 2.08. The first kappa shape index (κ1) is 17.0. The molecule has 0 aliphatic carbocycles. The zero-order valence-corrected chi connectivity index (χ0v) is 14.8. The molecule has 2 N–H and O–H groups in total. The lowest BCUT2D eigenvalue weighted by Crippen LogP contribution is -2.40. The standard InChI is InChI=1S/C14H9BrCl2N2O2S/c15-11-6-5-10(22-11)14(21)19-18-12(20)7-4-8-2-1-3-9(16)13(8)17/h1-7H,(H,18,20)(H,19,21)/b7-4+. The number of carbonyl (C=O) groups excluding carboxylic acids is 2. The van der Waals surface area contributed by atoms with Crippen LogP contribution in [0.25, 0.3) is 6.08 Å². The van der Waals surface area contributed by atoms with E-state index in [0.29, 0.717) is 20.5 Å². The molecule has 2 amide bonds. The summed E-state index contributed by atoms with van der Waals surface area (Å²) < 4.78 is 0.833. The van der Waals surface area contributed by atoms with Crippen LogP contribution in [0, 0.1) is 0 Å². The molecular formula is C14H9BrCl2N2O2S. The van der Waals surface area contributed by atoms with Gasteiger partial charge in [-0.05, 0) is 45.8 Å². The van der Waals surface area contributed by atoms with Crippen molar-refractivity contribution in [3.63, 3.8) is 0 Å². The number of hydrogen-bond donors (Lipinski definition) is 2. The zero-order valence-electron chi connectivity index (χ0n) is 10.9. The van der Waals surface area contributed by atoms with Crippen LogP contribution in [0.2, 0.25) is 10.0 Å². The van der Waals surface area contributed by atoms with Gasteiger partial charge in [0.25, 0.3) is 11.8 Å². The number of hydrazine groups is 1. The summed E-state index contributed by atoms with van der Waals surface area (Å²) in [6.07, 6.45) is 2.76. The van der Waals surface area contributed by atoms with Crippen molar-refractivity contribution in [3.05, 3.63) is 60.7 Å². The first-order valence-electron chi connectivity index (χ1n) is 5.95. The van der Waals surface area contributed by atoms with E-state index in [4.69, 9.17) is 23.2 Å². The highest BCUT2D eigenvalue weighted by molar-refractivity contribution is 9.11. The minimum absolute atomic E-state index is 0.362. The fourth-order valence-electron chi connectivity index (χ4n) is 1.47. The predicted molar refractivity (Wildman–Crippen MR) is 93.1 cm³/mol. The molecule has 0 fully saturated rings. The van der Waals surface area contributed by atoms with E-state index in [0.717, 1.165) is 3.79 Å². The third-order valence-electron chi connectivity index (χ3n) is 2.49. The second-order valence-corrected chi connectivity index (χ2v) is 7.27. The average Bonchev–Trinajstić information content (AvgIpc) is 2.93. The van der Waals surface area contributed by atoms with E-state index in [2.05, 4.69) is 26.8 Å². The highest BCUT2D eigenvalue weighted by Crippen LogP contribution is 2.26. The Hall–Kier alpha value is -1.34. The first-order chi connectivity index (χ1) is 10.5.